The lowest BCUT2D eigenvalue weighted by Crippen LogP contribution is -2.53. The smallest absolute Gasteiger partial charge is 0.335 e. The summed E-state index contributed by atoms with van der Waals surface area (Å²) in [6, 6.07) is 0. The van der Waals surface area contributed by atoms with E-state index in [2.05, 4.69) is 6.92 Å². The van der Waals surface area contributed by atoms with E-state index in [1.807, 2.05) is 13.0 Å². The van der Waals surface area contributed by atoms with E-state index < -0.39 is 5.54 Å². The van der Waals surface area contributed by atoms with Crippen molar-refractivity contribution in [3.63, 3.8) is 0 Å². The summed E-state index contributed by atoms with van der Waals surface area (Å²) in [6.45, 7) is 6.11. The van der Waals surface area contributed by atoms with Crippen molar-refractivity contribution in [3.05, 3.63) is 12.3 Å². The SMILES string of the molecule is CCCCC1(C(=O)OCC)C(C)C=CN1O. The number of rotatable bonds is 5. The molecule has 4 heteroatoms. The Morgan fingerprint density at radius 3 is 2.69 bits per heavy atom. The first-order chi connectivity index (χ1) is 7.59. The van der Waals surface area contributed by atoms with E-state index in [1.54, 1.807) is 13.1 Å². The van der Waals surface area contributed by atoms with E-state index in [9.17, 15) is 10.0 Å². The van der Waals surface area contributed by atoms with Crippen LogP contribution in [0.5, 0.6) is 0 Å². The van der Waals surface area contributed by atoms with E-state index in [-0.39, 0.29) is 11.9 Å². The zero-order chi connectivity index (χ0) is 12.2. The highest BCUT2D eigenvalue weighted by molar-refractivity contribution is 5.82. The molecule has 0 aromatic carbocycles. The zero-order valence-corrected chi connectivity index (χ0v) is 10.3. The maximum Gasteiger partial charge on any atom is 0.335 e. The maximum absolute atomic E-state index is 12.0. The fraction of sp³-hybridized carbons (Fsp3) is 0.750. The van der Waals surface area contributed by atoms with E-state index >= 15 is 0 Å². The van der Waals surface area contributed by atoms with Crippen molar-refractivity contribution < 1.29 is 14.7 Å². The normalized spacial score (nSPS) is 28.5. The molecule has 1 aliphatic rings. The summed E-state index contributed by atoms with van der Waals surface area (Å²) in [5.74, 6) is -0.355. The summed E-state index contributed by atoms with van der Waals surface area (Å²) in [4.78, 5) is 12.0. The van der Waals surface area contributed by atoms with Crippen molar-refractivity contribution >= 4 is 5.97 Å². The Bertz CT molecular complexity index is 263. The molecule has 92 valence electrons. The molecule has 2 unspecified atom stereocenters. The average Bonchev–Trinajstić information content (AvgIpc) is 2.54. The second-order valence-electron chi connectivity index (χ2n) is 4.22. The van der Waals surface area contributed by atoms with Crippen molar-refractivity contribution in [2.45, 2.75) is 45.6 Å². The van der Waals surface area contributed by atoms with Crippen LogP contribution in [-0.2, 0) is 9.53 Å². The molecule has 0 amide bonds. The highest BCUT2D eigenvalue weighted by atomic mass is 16.6. The van der Waals surface area contributed by atoms with Crippen LogP contribution in [0.4, 0.5) is 0 Å². The predicted octanol–water partition coefficient (Wildman–Crippen LogP) is 2.33. The first kappa shape index (κ1) is 13.0. The van der Waals surface area contributed by atoms with Crippen molar-refractivity contribution in [3.8, 4) is 0 Å². The van der Waals surface area contributed by atoms with E-state index in [4.69, 9.17) is 4.74 Å². The molecule has 2 atom stereocenters. The summed E-state index contributed by atoms with van der Waals surface area (Å²) in [5, 5.41) is 10.9. The van der Waals surface area contributed by atoms with E-state index in [0.717, 1.165) is 17.9 Å². The van der Waals surface area contributed by atoms with Crippen molar-refractivity contribution in [2.75, 3.05) is 6.61 Å². The largest absolute Gasteiger partial charge is 0.464 e. The van der Waals surface area contributed by atoms with Gasteiger partial charge in [-0.3, -0.25) is 5.21 Å². The molecule has 4 nitrogen and oxygen atoms in total. The lowest BCUT2D eigenvalue weighted by Gasteiger charge is -2.36. The van der Waals surface area contributed by atoms with Crippen molar-refractivity contribution in [1.82, 2.24) is 5.06 Å². The number of hydrogen-bond donors (Lipinski definition) is 1. The van der Waals surface area contributed by atoms with Gasteiger partial charge >= 0.3 is 5.97 Å². The molecular formula is C12H21NO3. The highest BCUT2D eigenvalue weighted by Crippen LogP contribution is 2.36. The Morgan fingerprint density at radius 1 is 1.56 bits per heavy atom. The van der Waals surface area contributed by atoms with Crippen LogP contribution >= 0.6 is 0 Å². The van der Waals surface area contributed by atoms with Crippen LogP contribution < -0.4 is 0 Å². The molecule has 16 heavy (non-hydrogen) atoms. The van der Waals surface area contributed by atoms with Gasteiger partial charge in [-0.05, 0) is 13.3 Å². The van der Waals surface area contributed by atoms with Gasteiger partial charge in [-0.1, -0.05) is 32.8 Å². The number of nitrogens with zero attached hydrogens (tertiary/aromatic N) is 1. The number of hydroxylamine groups is 2. The minimum absolute atomic E-state index is 0.0249. The molecule has 0 saturated heterocycles. The van der Waals surface area contributed by atoms with Gasteiger partial charge in [0.2, 0.25) is 0 Å². The van der Waals surface area contributed by atoms with Crippen LogP contribution in [0.2, 0.25) is 0 Å². The molecule has 0 aromatic rings. The fourth-order valence-electron chi connectivity index (χ4n) is 2.14. The zero-order valence-electron chi connectivity index (χ0n) is 10.3. The molecule has 0 saturated carbocycles. The molecule has 1 heterocycles. The highest BCUT2D eigenvalue weighted by Gasteiger charge is 2.50. The van der Waals surface area contributed by atoms with Gasteiger partial charge in [0.1, 0.15) is 0 Å². The Balaban J connectivity index is 2.88. The number of carbonyl (C=O) groups excluding carboxylic acids is 1. The minimum atomic E-state index is -0.911. The second kappa shape index (κ2) is 5.34. The molecule has 1 N–H and O–H groups in total. The second-order valence-corrected chi connectivity index (χ2v) is 4.22. The van der Waals surface area contributed by atoms with E-state index in [1.165, 1.54) is 0 Å². The average molecular weight is 227 g/mol. The third-order valence-corrected chi connectivity index (χ3v) is 3.22. The number of esters is 1. The first-order valence-electron chi connectivity index (χ1n) is 5.93. The van der Waals surface area contributed by atoms with Gasteiger partial charge in [-0.25, -0.2) is 9.86 Å². The van der Waals surface area contributed by atoms with Gasteiger partial charge in [-0.15, -0.1) is 0 Å². The molecule has 0 fully saturated rings. The first-order valence-corrected chi connectivity index (χ1v) is 5.93. The Labute approximate surface area is 96.8 Å². The van der Waals surface area contributed by atoms with Gasteiger partial charge in [0.25, 0.3) is 0 Å². The molecule has 0 bridgehead atoms. The fourth-order valence-corrected chi connectivity index (χ4v) is 2.14. The van der Waals surface area contributed by atoms with Crippen LogP contribution in [0.1, 0.15) is 40.0 Å². The standard InChI is InChI=1S/C12H21NO3/c1-4-6-8-12(11(14)16-5-2)10(3)7-9-13(12)15/h7,9-10,15H,4-6,8H2,1-3H3. The van der Waals surface area contributed by atoms with Crippen LogP contribution in [0.15, 0.2) is 12.3 Å². The minimum Gasteiger partial charge on any atom is -0.464 e. The van der Waals surface area contributed by atoms with Crippen molar-refractivity contribution in [1.29, 1.82) is 0 Å². The van der Waals surface area contributed by atoms with Gasteiger partial charge in [0, 0.05) is 12.1 Å². The quantitative estimate of drug-likeness (QED) is 0.732. The van der Waals surface area contributed by atoms with Gasteiger partial charge < -0.3 is 4.74 Å². The molecule has 0 spiro atoms. The monoisotopic (exact) mass is 227 g/mol. The lowest BCUT2D eigenvalue weighted by molar-refractivity contribution is -0.187. The third kappa shape index (κ3) is 2.07. The number of unbranched alkanes of at least 4 members (excludes halogenated alkanes) is 1. The lowest BCUT2D eigenvalue weighted by atomic mass is 9.82. The van der Waals surface area contributed by atoms with Crippen LogP contribution in [0, 0.1) is 5.92 Å². The van der Waals surface area contributed by atoms with Gasteiger partial charge in [-0.2, -0.15) is 0 Å². The molecular weight excluding hydrogens is 206 g/mol. The molecule has 0 aromatic heterocycles. The van der Waals surface area contributed by atoms with Crippen LogP contribution in [-0.4, -0.2) is 28.4 Å². The maximum atomic E-state index is 12.0. The topological polar surface area (TPSA) is 49.8 Å². The summed E-state index contributed by atoms with van der Waals surface area (Å²) in [7, 11) is 0. The van der Waals surface area contributed by atoms with Gasteiger partial charge in [0.05, 0.1) is 6.61 Å². The molecule has 0 aliphatic carbocycles. The Kier molecular flexibility index (Phi) is 4.35. The van der Waals surface area contributed by atoms with Gasteiger partial charge in [0.15, 0.2) is 5.54 Å². The summed E-state index contributed by atoms with van der Waals surface area (Å²) in [6.07, 6.45) is 5.89. The Hall–Kier alpha value is -1.03. The summed E-state index contributed by atoms with van der Waals surface area (Å²) in [5.41, 5.74) is -0.911. The van der Waals surface area contributed by atoms with E-state index in [0.29, 0.717) is 13.0 Å². The molecule has 0 radical (unpaired) electrons. The molecule has 1 rings (SSSR count). The summed E-state index contributed by atoms with van der Waals surface area (Å²) >= 11 is 0. The van der Waals surface area contributed by atoms with Crippen LogP contribution in [0.3, 0.4) is 0 Å². The third-order valence-electron chi connectivity index (χ3n) is 3.22. The predicted molar refractivity (Wildman–Crippen MR) is 60.8 cm³/mol. The van der Waals surface area contributed by atoms with Crippen molar-refractivity contribution in [2.24, 2.45) is 5.92 Å². The molecule has 1 aliphatic heterocycles. The number of carbonyl (C=O) groups is 1. The van der Waals surface area contributed by atoms with Crippen LogP contribution in [0.25, 0.3) is 0 Å². The Morgan fingerprint density at radius 2 is 2.25 bits per heavy atom. The summed E-state index contributed by atoms with van der Waals surface area (Å²) < 4.78 is 5.09. The number of ether oxygens (including phenoxy) is 1. The number of hydrogen-bond acceptors (Lipinski definition) is 4.